The van der Waals surface area contributed by atoms with Gasteiger partial charge in [0.1, 0.15) is 5.25 Å². The SMILES string of the molecule is CCNC(c1ccccc1)C(c1ccccc1)S(C)(=O)=O. The molecule has 0 saturated carbocycles. The molecule has 0 heterocycles. The predicted octanol–water partition coefficient (Wildman–Crippen LogP) is 3.12. The van der Waals surface area contributed by atoms with Gasteiger partial charge in [-0.1, -0.05) is 67.6 Å². The van der Waals surface area contributed by atoms with Gasteiger partial charge in [0.15, 0.2) is 9.84 Å². The summed E-state index contributed by atoms with van der Waals surface area (Å²) in [5.41, 5.74) is 1.80. The molecule has 0 bridgehead atoms. The van der Waals surface area contributed by atoms with E-state index in [0.29, 0.717) is 6.54 Å². The monoisotopic (exact) mass is 303 g/mol. The number of rotatable bonds is 6. The lowest BCUT2D eigenvalue weighted by atomic mass is 9.98. The lowest BCUT2D eigenvalue weighted by Crippen LogP contribution is -2.31. The first kappa shape index (κ1) is 15.7. The fourth-order valence-corrected chi connectivity index (χ4v) is 4.01. The molecule has 2 rings (SSSR count). The number of nitrogens with one attached hydrogen (secondary N) is 1. The molecule has 112 valence electrons. The summed E-state index contributed by atoms with van der Waals surface area (Å²) < 4.78 is 24.8. The van der Waals surface area contributed by atoms with Gasteiger partial charge in [-0.2, -0.15) is 0 Å². The molecule has 3 nitrogen and oxygen atoms in total. The summed E-state index contributed by atoms with van der Waals surface area (Å²) in [6.07, 6.45) is 1.30. The Morgan fingerprint density at radius 3 is 1.81 bits per heavy atom. The molecule has 0 radical (unpaired) electrons. The fourth-order valence-electron chi connectivity index (χ4n) is 2.61. The second-order valence-electron chi connectivity index (χ2n) is 5.11. The highest BCUT2D eigenvalue weighted by molar-refractivity contribution is 7.91. The smallest absolute Gasteiger partial charge is 0.156 e. The highest BCUT2D eigenvalue weighted by atomic mass is 32.2. The zero-order valence-corrected chi connectivity index (χ0v) is 13.2. The predicted molar refractivity (Wildman–Crippen MR) is 86.9 cm³/mol. The van der Waals surface area contributed by atoms with Crippen LogP contribution in [0, 0.1) is 0 Å². The normalized spacial score (nSPS) is 14.6. The van der Waals surface area contributed by atoms with E-state index in [2.05, 4.69) is 5.32 Å². The third-order valence-corrected chi connectivity index (χ3v) is 4.94. The Morgan fingerprint density at radius 1 is 0.905 bits per heavy atom. The van der Waals surface area contributed by atoms with Crippen LogP contribution in [0.4, 0.5) is 0 Å². The quantitative estimate of drug-likeness (QED) is 0.892. The summed E-state index contributed by atoms with van der Waals surface area (Å²) in [5, 5.41) is 2.73. The maximum Gasteiger partial charge on any atom is 0.156 e. The van der Waals surface area contributed by atoms with E-state index in [1.807, 2.05) is 67.6 Å². The van der Waals surface area contributed by atoms with Crippen molar-refractivity contribution in [3.63, 3.8) is 0 Å². The first-order valence-corrected chi connectivity index (χ1v) is 9.01. The molecule has 0 amide bonds. The molecule has 1 N–H and O–H groups in total. The Kier molecular flexibility index (Phi) is 5.15. The van der Waals surface area contributed by atoms with Crippen LogP contribution in [-0.2, 0) is 9.84 Å². The van der Waals surface area contributed by atoms with E-state index in [1.54, 1.807) is 0 Å². The molecule has 0 aromatic heterocycles. The highest BCUT2D eigenvalue weighted by Crippen LogP contribution is 2.35. The van der Waals surface area contributed by atoms with Gasteiger partial charge in [-0.05, 0) is 17.7 Å². The van der Waals surface area contributed by atoms with Gasteiger partial charge >= 0.3 is 0 Å². The average Bonchev–Trinajstić information content (AvgIpc) is 2.47. The van der Waals surface area contributed by atoms with Crippen molar-refractivity contribution >= 4 is 9.84 Å². The van der Waals surface area contributed by atoms with Crippen LogP contribution in [0.2, 0.25) is 0 Å². The second kappa shape index (κ2) is 6.87. The number of hydrogen-bond donors (Lipinski definition) is 1. The van der Waals surface area contributed by atoms with Crippen LogP contribution in [0.1, 0.15) is 29.3 Å². The van der Waals surface area contributed by atoms with Gasteiger partial charge in [-0.25, -0.2) is 8.42 Å². The number of likely N-dealkylation sites (N-methyl/N-ethyl adjacent to an activating group) is 1. The maximum absolute atomic E-state index is 12.4. The van der Waals surface area contributed by atoms with Gasteiger partial charge in [-0.3, -0.25) is 0 Å². The Bertz CT molecular complexity index is 654. The Labute approximate surface area is 126 Å². The molecule has 0 spiro atoms. The van der Waals surface area contributed by atoms with Crippen LogP contribution in [0.25, 0.3) is 0 Å². The summed E-state index contributed by atoms with van der Waals surface area (Å²) in [4.78, 5) is 0. The Balaban J connectivity index is 2.52. The topological polar surface area (TPSA) is 46.2 Å². The largest absolute Gasteiger partial charge is 0.309 e. The highest BCUT2D eigenvalue weighted by Gasteiger charge is 2.32. The van der Waals surface area contributed by atoms with Crippen LogP contribution >= 0.6 is 0 Å². The molecule has 2 aromatic carbocycles. The zero-order chi connectivity index (χ0) is 15.3. The average molecular weight is 303 g/mol. The number of hydrogen-bond acceptors (Lipinski definition) is 3. The van der Waals surface area contributed by atoms with Crippen molar-refractivity contribution in [2.75, 3.05) is 12.8 Å². The summed E-state index contributed by atoms with van der Waals surface area (Å²) in [6.45, 7) is 2.69. The van der Waals surface area contributed by atoms with Crippen LogP contribution in [0.15, 0.2) is 60.7 Å². The molecule has 4 heteroatoms. The minimum atomic E-state index is -3.25. The molecule has 0 saturated heterocycles. The third kappa shape index (κ3) is 3.93. The molecular weight excluding hydrogens is 282 g/mol. The van der Waals surface area contributed by atoms with Crippen molar-refractivity contribution in [3.8, 4) is 0 Å². The van der Waals surface area contributed by atoms with Crippen LogP contribution < -0.4 is 5.32 Å². The van der Waals surface area contributed by atoms with Crippen LogP contribution in [-0.4, -0.2) is 21.2 Å². The summed E-state index contributed by atoms with van der Waals surface area (Å²) >= 11 is 0. The molecule has 2 unspecified atom stereocenters. The van der Waals surface area contributed by atoms with E-state index in [9.17, 15) is 8.42 Å². The minimum absolute atomic E-state index is 0.256. The van der Waals surface area contributed by atoms with Gasteiger partial charge in [0.25, 0.3) is 0 Å². The second-order valence-corrected chi connectivity index (χ2v) is 7.27. The van der Waals surface area contributed by atoms with Crippen LogP contribution in [0.5, 0.6) is 0 Å². The van der Waals surface area contributed by atoms with Crippen molar-refractivity contribution in [1.29, 1.82) is 0 Å². The van der Waals surface area contributed by atoms with Gasteiger partial charge in [0, 0.05) is 6.26 Å². The van der Waals surface area contributed by atoms with Gasteiger partial charge in [0.05, 0.1) is 6.04 Å². The summed E-state index contributed by atoms with van der Waals surface area (Å²) in [6, 6.07) is 18.9. The van der Waals surface area contributed by atoms with Crippen molar-refractivity contribution < 1.29 is 8.42 Å². The molecule has 0 aliphatic carbocycles. The Morgan fingerprint density at radius 2 is 1.38 bits per heavy atom. The van der Waals surface area contributed by atoms with E-state index in [1.165, 1.54) is 6.26 Å². The van der Waals surface area contributed by atoms with Gasteiger partial charge in [-0.15, -0.1) is 0 Å². The van der Waals surface area contributed by atoms with Gasteiger partial charge in [0.2, 0.25) is 0 Å². The van der Waals surface area contributed by atoms with Crippen molar-refractivity contribution in [1.82, 2.24) is 5.32 Å². The minimum Gasteiger partial charge on any atom is -0.309 e. The van der Waals surface area contributed by atoms with Gasteiger partial charge < -0.3 is 5.32 Å². The maximum atomic E-state index is 12.4. The van der Waals surface area contributed by atoms with E-state index in [0.717, 1.165) is 11.1 Å². The Hall–Kier alpha value is -1.65. The van der Waals surface area contributed by atoms with E-state index >= 15 is 0 Å². The van der Waals surface area contributed by atoms with E-state index in [4.69, 9.17) is 0 Å². The van der Waals surface area contributed by atoms with Crippen molar-refractivity contribution in [2.24, 2.45) is 0 Å². The fraction of sp³-hybridized carbons (Fsp3) is 0.294. The summed E-state index contributed by atoms with van der Waals surface area (Å²) in [5.74, 6) is 0. The molecule has 0 fully saturated rings. The molecular formula is C17H21NO2S. The zero-order valence-electron chi connectivity index (χ0n) is 12.4. The standard InChI is InChI=1S/C17H21NO2S/c1-3-18-16(14-10-6-4-7-11-14)17(21(2,19)20)15-12-8-5-9-13-15/h4-13,16-18H,3H2,1-2H3. The molecule has 0 aliphatic heterocycles. The third-order valence-electron chi connectivity index (χ3n) is 3.47. The number of sulfone groups is 1. The molecule has 21 heavy (non-hydrogen) atoms. The van der Waals surface area contributed by atoms with E-state index < -0.39 is 15.1 Å². The molecule has 2 atom stereocenters. The number of benzene rings is 2. The lowest BCUT2D eigenvalue weighted by molar-refractivity contribution is 0.506. The van der Waals surface area contributed by atoms with E-state index in [-0.39, 0.29) is 6.04 Å². The first-order valence-electron chi connectivity index (χ1n) is 7.06. The summed E-state index contributed by atoms with van der Waals surface area (Å²) in [7, 11) is -3.25. The lowest BCUT2D eigenvalue weighted by Gasteiger charge is -2.27. The molecule has 2 aromatic rings. The molecule has 0 aliphatic rings. The van der Waals surface area contributed by atoms with Crippen molar-refractivity contribution in [3.05, 3.63) is 71.8 Å². The van der Waals surface area contributed by atoms with Crippen LogP contribution in [0.3, 0.4) is 0 Å². The first-order chi connectivity index (χ1) is 10.0. The van der Waals surface area contributed by atoms with Crippen molar-refractivity contribution in [2.45, 2.75) is 18.2 Å².